The van der Waals surface area contributed by atoms with Crippen LogP contribution >= 0.6 is 0 Å². The summed E-state index contributed by atoms with van der Waals surface area (Å²) < 4.78 is 11.4. The Morgan fingerprint density at radius 3 is 2.71 bits per heavy atom. The Labute approximate surface area is 139 Å². The molecule has 0 amide bonds. The van der Waals surface area contributed by atoms with Gasteiger partial charge in [0.15, 0.2) is 0 Å². The lowest BCUT2D eigenvalue weighted by Gasteiger charge is -2.37. The zero-order valence-corrected chi connectivity index (χ0v) is 13.4. The maximum atomic E-state index is 12.7. The molecule has 1 aromatic heterocycles. The molecular weight excluding hydrogens is 304 g/mol. The highest BCUT2D eigenvalue weighted by molar-refractivity contribution is 5.84. The van der Waals surface area contributed by atoms with Crippen molar-refractivity contribution in [1.29, 1.82) is 0 Å². The lowest BCUT2D eigenvalue weighted by Crippen LogP contribution is -2.38. The summed E-state index contributed by atoms with van der Waals surface area (Å²) in [4.78, 5) is 12.7. The molecule has 4 nitrogen and oxygen atoms in total. The first kappa shape index (κ1) is 15.0. The Balaban J connectivity index is 2.08. The SMILES string of the molecule is COC1(c2c(O)c3ccccc3oc2=O)CCCc2ccccc21. The van der Waals surface area contributed by atoms with Crippen molar-refractivity contribution in [3.63, 3.8) is 0 Å². The van der Waals surface area contributed by atoms with E-state index in [-0.39, 0.29) is 11.3 Å². The molecule has 0 fully saturated rings. The lowest BCUT2D eigenvalue weighted by atomic mass is 9.75. The van der Waals surface area contributed by atoms with E-state index >= 15 is 0 Å². The van der Waals surface area contributed by atoms with Crippen LogP contribution in [0.5, 0.6) is 5.75 Å². The van der Waals surface area contributed by atoms with Crippen molar-refractivity contribution in [1.82, 2.24) is 0 Å². The molecule has 0 saturated heterocycles. The van der Waals surface area contributed by atoms with Crippen LogP contribution in [0.4, 0.5) is 0 Å². The second-order valence-corrected chi connectivity index (χ2v) is 6.15. The van der Waals surface area contributed by atoms with Gasteiger partial charge in [-0.05, 0) is 42.5 Å². The van der Waals surface area contributed by atoms with Gasteiger partial charge in [0.2, 0.25) is 0 Å². The molecule has 2 aromatic carbocycles. The van der Waals surface area contributed by atoms with E-state index in [1.165, 1.54) is 0 Å². The monoisotopic (exact) mass is 322 g/mol. The minimum absolute atomic E-state index is 0.0552. The number of hydrogen-bond donors (Lipinski definition) is 1. The highest BCUT2D eigenvalue weighted by Crippen LogP contribution is 2.46. The van der Waals surface area contributed by atoms with Crippen molar-refractivity contribution in [3.8, 4) is 5.75 Å². The van der Waals surface area contributed by atoms with Crippen LogP contribution in [0, 0.1) is 0 Å². The van der Waals surface area contributed by atoms with Gasteiger partial charge in [0.25, 0.3) is 0 Å². The fourth-order valence-electron chi connectivity index (χ4n) is 3.86. The number of ether oxygens (including phenoxy) is 1. The second-order valence-electron chi connectivity index (χ2n) is 6.15. The van der Waals surface area contributed by atoms with E-state index in [0.717, 1.165) is 24.0 Å². The summed E-state index contributed by atoms with van der Waals surface area (Å²) in [6, 6.07) is 14.9. The van der Waals surface area contributed by atoms with E-state index in [1.807, 2.05) is 24.3 Å². The second kappa shape index (κ2) is 5.49. The molecule has 4 rings (SSSR count). The molecule has 1 aliphatic rings. The number of aromatic hydroxyl groups is 1. The zero-order chi connectivity index (χ0) is 16.7. The molecule has 1 heterocycles. The fourth-order valence-corrected chi connectivity index (χ4v) is 3.86. The number of benzene rings is 2. The van der Waals surface area contributed by atoms with Crippen molar-refractivity contribution in [2.45, 2.75) is 24.9 Å². The number of rotatable bonds is 2. The number of hydrogen-bond acceptors (Lipinski definition) is 4. The predicted octanol–water partition coefficient (Wildman–Crippen LogP) is 3.72. The summed E-state index contributed by atoms with van der Waals surface area (Å²) in [5.74, 6) is -0.0552. The van der Waals surface area contributed by atoms with E-state index in [2.05, 4.69) is 0 Å². The Kier molecular flexibility index (Phi) is 3.43. The van der Waals surface area contributed by atoms with Gasteiger partial charge in [-0.2, -0.15) is 0 Å². The van der Waals surface area contributed by atoms with Gasteiger partial charge in [0.1, 0.15) is 22.5 Å². The zero-order valence-electron chi connectivity index (χ0n) is 13.4. The van der Waals surface area contributed by atoms with Crippen molar-refractivity contribution in [2.24, 2.45) is 0 Å². The maximum absolute atomic E-state index is 12.7. The molecule has 0 radical (unpaired) electrons. The molecule has 4 heteroatoms. The number of para-hydroxylation sites is 1. The molecule has 0 spiro atoms. The van der Waals surface area contributed by atoms with Crippen molar-refractivity contribution in [2.75, 3.05) is 7.11 Å². The minimum atomic E-state index is -0.983. The molecule has 3 aromatic rings. The van der Waals surface area contributed by atoms with Gasteiger partial charge in [-0.25, -0.2) is 4.79 Å². The van der Waals surface area contributed by atoms with Crippen LogP contribution in [0.25, 0.3) is 11.0 Å². The Morgan fingerprint density at radius 2 is 1.88 bits per heavy atom. The fraction of sp³-hybridized carbons (Fsp3) is 0.250. The first-order valence-electron chi connectivity index (χ1n) is 8.06. The average molecular weight is 322 g/mol. The number of aryl methyl sites for hydroxylation is 1. The maximum Gasteiger partial charge on any atom is 0.346 e. The number of methoxy groups -OCH3 is 1. The third kappa shape index (κ3) is 2.00. The van der Waals surface area contributed by atoms with Crippen LogP contribution in [0.2, 0.25) is 0 Å². The van der Waals surface area contributed by atoms with Crippen molar-refractivity contribution in [3.05, 3.63) is 75.6 Å². The van der Waals surface area contributed by atoms with E-state index < -0.39 is 11.2 Å². The molecule has 122 valence electrons. The molecule has 24 heavy (non-hydrogen) atoms. The van der Waals surface area contributed by atoms with Gasteiger partial charge in [-0.15, -0.1) is 0 Å². The van der Waals surface area contributed by atoms with Crippen LogP contribution in [0.3, 0.4) is 0 Å². The lowest BCUT2D eigenvalue weighted by molar-refractivity contribution is 0.00309. The van der Waals surface area contributed by atoms with Crippen LogP contribution in [0.1, 0.15) is 29.5 Å². The highest BCUT2D eigenvalue weighted by Gasteiger charge is 2.43. The van der Waals surface area contributed by atoms with Gasteiger partial charge in [-0.3, -0.25) is 0 Å². The molecule has 1 aliphatic carbocycles. The Morgan fingerprint density at radius 1 is 1.12 bits per heavy atom. The van der Waals surface area contributed by atoms with Gasteiger partial charge < -0.3 is 14.3 Å². The average Bonchev–Trinajstić information content (AvgIpc) is 2.62. The van der Waals surface area contributed by atoms with Gasteiger partial charge in [0.05, 0.1) is 5.39 Å². The third-order valence-electron chi connectivity index (χ3n) is 4.97. The van der Waals surface area contributed by atoms with E-state index in [0.29, 0.717) is 17.4 Å². The van der Waals surface area contributed by atoms with Crippen molar-refractivity contribution >= 4 is 11.0 Å². The standard InChI is InChI=1S/C20H18O4/c1-23-20(12-6-8-13-7-2-4-10-15(13)20)17-18(21)14-9-3-5-11-16(14)24-19(17)22/h2-5,7,9-11,21H,6,8,12H2,1H3. The van der Waals surface area contributed by atoms with Gasteiger partial charge >= 0.3 is 5.63 Å². The van der Waals surface area contributed by atoms with Crippen LogP contribution < -0.4 is 5.63 Å². The first-order chi connectivity index (χ1) is 11.7. The number of fused-ring (bicyclic) bond motifs is 2. The quantitative estimate of drug-likeness (QED) is 0.730. The van der Waals surface area contributed by atoms with E-state index in [1.54, 1.807) is 31.4 Å². The summed E-state index contributed by atoms with van der Waals surface area (Å²) in [6.45, 7) is 0. The largest absolute Gasteiger partial charge is 0.506 e. The molecule has 1 unspecified atom stereocenters. The molecule has 1 N–H and O–H groups in total. The molecule has 1 atom stereocenters. The topological polar surface area (TPSA) is 59.7 Å². The third-order valence-corrected chi connectivity index (χ3v) is 4.97. The predicted molar refractivity (Wildman–Crippen MR) is 91.3 cm³/mol. The molecule has 0 aliphatic heterocycles. The van der Waals surface area contributed by atoms with E-state index in [4.69, 9.17) is 9.15 Å². The summed E-state index contributed by atoms with van der Waals surface area (Å²) in [7, 11) is 1.58. The van der Waals surface area contributed by atoms with Crippen LogP contribution in [-0.4, -0.2) is 12.2 Å². The summed E-state index contributed by atoms with van der Waals surface area (Å²) >= 11 is 0. The molecule has 0 bridgehead atoms. The Hall–Kier alpha value is -2.59. The normalized spacial score (nSPS) is 20.0. The van der Waals surface area contributed by atoms with Crippen LogP contribution in [0.15, 0.2) is 57.7 Å². The molecular formula is C20H18O4. The summed E-state index contributed by atoms with van der Waals surface area (Å²) in [6.07, 6.45) is 2.43. The van der Waals surface area contributed by atoms with Crippen molar-refractivity contribution < 1.29 is 14.3 Å². The smallest absolute Gasteiger partial charge is 0.346 e. The van der Waals surface area contributed by atoms with Gasteiger partial charge in [0, 0.05) is 7.11 Å². The summed E-state index contributed by atoms with van der Waals surface area (Å²) in [5, 5.41) is 11.4. The highest BCUT2D eigenvalue weighted by atomic mass is 16.5. The summed E-state index contributed by atoms with van der Waals surface area (Å²) in [5.41, 5.74) is 1.10. The minimum Gasteiger partial charge on any atom is -0.506 e. The first-order valence-corrected chi connectivity index (χ1v) is 8.06. The Bertz CT molecular complexity index is 973. The molecule has 0 saturated carbocycles. The van der Waals surface area contributed by atoms with Crippen LogP contribution in [-0.2, 0) is 16.8 Å². The van der Waals surface area contributed by atoms with Gasteiger partial charge in [-0.1, -0.05) is 36.4 Å². The van der Waals surface area contributed by atoms with E-state index in [9.17, 15) is 9.90 Å².